The number of nitro benzene ring substituents is 1. The monoisotopic (exact) mass is 473 g/mol. The van der Waals surface area contributed by atoms with E-state index in [-0.39, 0.29) is 11.4 Å². The van der Waals surface area contributed by atoms with E-state index in [4.69, 9.17) is 16.0 Å². The highest BCUT2D eigenvalue weighted by atomic mass is 35.5. The van der Waals surface area contributed by atoms with Gasteiger partial charge in [-0.2, -0.15) is 4.80 Å². The molecule has 1 N–H and O–H groups in total. The van der Waals surface area contributed by atoms with Gasteiger partial charge in [-0.05, 0) is 73.2 Å². The second kappa shape index (κ2) is 8.45. The predicted octanol–water partition coefficient (Wildman–Crippen LogP) is 5.80. The number of amides is 1. The van der Waals surface area contributed by atoms with Crippen LogP contribution < -0.4 is 5.32 Å². The SMILES string of the molecule is Cc1cc([N+](=O)[O-])ccc1-c1ccc(C(=O)Nc2ccc3nn(-c4ccc(Cl)cc4)nc3c2)o1. The highest BCUT2D eigenvalue weighted by Crippen LogP contribution is 2.29. The van der Waals surface area contributed by atoms with Crippen LogP contribution in [0.25, 0.3) is 28.0 Å². The number of hydrogen-bond acceptors (Lipinski definition) is 6. The first-order chi connectivity index (χ1) is 16.4. The molecule has 0 saturated carbocycles. The molecule has 168 valence electrons. The maximum atomic E-state index is 12.7. The average Bonchev–Trinajstić information content (AvgIpc) is 3.46. The molecule has 2 heterocycles. The van der Waals surface area contributed by atoms with Gasteiger partial charge in [0.2, 0.25) is 0 Å². The molecule has 1 amide bonds. The number of hydrogen-bond donors (Lipinski definition) is 1. The van der Waals surface area contributed by atoms with Crippen molar-refractivity contribution in [2.75, 3.05) is 5.32 Å². The zero-order valence-corrected chi connectivity index (χ0v) is 18.5. The molecule has 34 heavy (non-hydrogen) atoms. The number of nitrogens with one attached hydrogen (secondary N) is 1. The highest BCUT2D eigenvalue weighted by Gasteiger charge is 2.16. The van der Waals surface area contributed by atoms with Gasteiger partial charge >= 0.3 is 0 Å². The lowest BCUT2D eigenvalue weighted by Gasteiger charge is -2.04. The summed E-state index contributed by atoms with van der Waals surface area (Å²) in [7, 11) is 0. The van der Waals surface area contributed by atoms with E-state index < -0.39 is 10.8 Å². The van der Waals surface area contributed by atoms with Crippen LogP contribution in [0, 0.1) is 17.0 Å². The third-order valence-electron chi connectivity index (χ3n) is 5.21. The number of aromatic nitrogens is 3. The van der Waals surface area contributed by atoms with Crippen LogP contribution in [-0.4, -0.2) is 25.8 Å². The van der Waals surface area contributed by atoms with Crippen molar-refractivity contribution in [3.63, 3.8) is 0 Å². The van der Waals surface area contributed by atoms with Crippen LogP contribution in [0.3, 0.4) is 0 Å². The summed E-state index contributed by atoms with van der Waals surface area (Å²) in [5, 5.41) is 23.3. The predicted molar refractivity (Wildman–Crippen MR) is 127 cm³/mol. The van der Waals surface area contributed by atoms with Gasteiger partial charge < -0.3 is 9.73 Å². The quantitative estimate of drug-likeness (QED) is 0.254. The summed E-state index contributed by atoms with van der Waals surface area (Å²) < 4.78 is 5.72. The molecule has 0 aliphatic carbocycles. The minimum absolute atomic E-state index is 0.00541. The Balaban J connectivity index is 1.35. The van der Waals surface area contributed by atoms with Gasteiger partial charge in [0.25, 0.3) is 11.6 Å². The van der Waals surface area contributed by atoms with Crippen LogP contribution in [0.5, 0.6) is 0 Å². The molecule has 5 rings (SSSR count). The number of rotatable bonds is 5. The van der Waals surface area contributed by atoms with Gasteiger partial charge in [-0.3, -0.25) is 14.9 Å². The zero-order chi connectivity index (χ0) is 23.8. The van der Waals surface area contributed by atoms with Gasteiger partial charge in [0.05, 0.1) is 10.6 Å². The van der Waals surface area contributed by atoms with Crippen LogP contribution in [-0.2, 0) is 0 Å². The minimum atomic E-state index is -0.456. The molecule has 2 aromatic heterocycles. The van der Waals surface area contributed by atoms with Gasteiger partial charge in [0.1, 0.15) is 16.8 Å². The Morgan fingerprint density at radius 1 is 1.00 bits per heavy atom. The Morgan fingerprint density at radius 3 is 2.50 bits per heavy atom. The first-order valence-corrected chi connectivity index (χ1v) is 10.5. The third-order valence-corrected chi connectivity index (χ3v) is 5.46. The smallest absolute Gasteiger partial charge is 0.291 e. The number of non-ortho nitro benzene ring substituents is 1. The summed E-state index contributed by atoms with van der Waals surface area (Å²) in [6.07, 6.45) is 0. The summed E-state index contributed by atoms with van der Waals surface area (Å²) in [6, 6.07) is 20.0. The molecule has 0 radical (unpaired) electrons. The number of anilines is 1. The molecular weight excluding hydrogens is 458 g/mol. The lowest BCUT2D eigenvalue weighted by Crippen LogP contribution is -2.10. The molecule has 0 unspecified atom stereocenters. The number of carbonyl (C=O) groups excluding carboxylic acids is 1. The number of nitrogens with zero attached hydrogens (tertiary/aromatic N) is 4. The van der Waals surface area contributed by atoms with E-state index in [9.17, 15) is 14.9 Å². The fraction of sp³-hybridized carbons (Fsp3) is 0.0417. The molecule has 0 bridgehead atoms. The Bertz CT molecular complexity index is 1560. The van der Waals surface area contributed by atoms with E-state index >= 15 is 0 Å². The molecule has 0 saturated heterocycles. The molecule has 3 aromatic carbocycles. The van der Waals surface area contributed by atoms with Crippen LogP contribution in [0.15, 0.2) is 77.2 Å². The topological polar surface area (TPSA) is 116 Å². The summed E-state index contributed by atoms with van der Waals surface area (Å²) >= 11 is 5.94. The lowest BCUT2D eigenvalue weighted by molar-refractivity contribution is -0.384. The van der Waals surface area contributed by atoms with Gasteiger partial charge in [0, 0.05) is 28.4 Å². The van der Waals surface area contributed by atoms with Crippen LogP contribution in [0.1, 0.15) is 16.1 Å². The first kappa shape index (κ1) is 21.4. The second-order valence-electron chi connectivity index (χ2n) is 7.54. The van der Waals surface area contributed by atoms with E-state index in [1.54, 1.807) is 55.5 Å². The summed E-state index contributed by atoms with van der Waals surface area (Å²) in [5.41, 5.74) is 3.90. The standard InChI is InChI=1S/C24H16ClN5O4/c1-14-12-18(30(32)33)7-8-19(14)22-10-11-23(34-22)24(31)26-16-4-9-20-21(13-16)28-29(27-20)17-5-2-15(25)3-6-17/h2-13H,1H3,(H,26,31). The van der Waals surface area contributed by atoms with Crippen molar-refractivity contribution in [1.82, 2.24) is 15.0 Å². The van der Waals surface area contributed by atoms with Gasteiger partial charge in [0.15, 0.2) is 5.76 Å². The largest absolute Gasteiger partial charge is 0.451 e. The first-order valence-electron chi connectivity index (χ1n) is 10.2. The Morgan fingerprint density at radius 2 is 1.76 bits per heavy atom. The molecule has 5 aromatic rings. The van der Waals surface area contributed by atoms with Crippen molar-refractivity contribution in [3.05, 3.63) is 99.3 Å². The molecule has 0 spiro atoms. The van der Waals surface area contributed by atoms with Gasteiger partial charge in [-0.1, -0.05) is 11.6 Å². The van der Waals surface area contributed by atoms with E-state index in [0.29, 0.717) is 38.6 Å². The number of aryl methyl sites for hydroxylation is 1. The van der Waals surface area contributed by atoms with E-state index in [1.165, 1.54) is 16.9 Å². The minimum Gasteiger partial charge on any atom is -0.451 e. The maximum Gasteiger partial charge on any atom is 0.291 e. The van der Waals surface area contributed by atoms with Crippen molar-refractivity contribution in [1.29, 1.82) is 0 Å². The van der Waals surface area contributed by atoms with Crippen molar-refractivity contribution in [2.24, 2.45) is 0 Å². The molecule has 0 aliphatic rings. The molecule has 0 atom stereocenters. The van der Waals surface area contributed by atoms with Crippen molar-refractivity contribution in [3.8, 4) is 17.0 Å². The number of furan rings is 1. The second-order valence-corrected chi connectivity index (χ2v) is 7.98. The lowest BCUT2D eigenvalue weighted by atomic mass is 10.1. The zero-order valence-electron chi connectivity index (χ0n) is 17.7. The fourth-order valence-corrected chi connectivity index (χ4v) is 3.64. The molecule has 0 aliphatic heterocycles. The average molecular weight is 474 g/mol. The molecule has 10 heteroatoms. The normalized spacial score (nSPS) is 11.0. The van der Waals surface area contributed by atoms with Crippen molar-refractivity contribution >= 4 is 39.9 Å². The molecule has 0 fully saturated rings. The summed E-state index contributed by atoms with van der Waals surface area (Å²) in [4.78, 5) is 24.7. The van der Waals surface area contributed by atoms with Crippen molar-refractivity contribution in [2.45, 2.75) is 6.92 Å². The maximum absolute atomic E-state index is 12.7. The van der Waals surface area contributed by atoms with Crippen LogP contribution in [0.4, 0.5) is 11.4 Å². The Labute approximate surface area is 197 Å². The number of fused-ring (bicyclic) bond motifs is 1. The van der Waals surface area contributed by atoms with Gasteiger partial charge in [-0.25, -0.2) is 0 Å². The summed E-state index contributed by atoms with van der Waals surface area (Å²) in [5.74, 6) is 0.117. The van der Waals surface area contributed by atoms with E-state index in [2.05, 4.69) is 15.5 Å². The van der Waals surface area contributed by atoms with Crippen LogP contribution >= 0.6 is 11.6 Å². The van der Waals surface area contributed by atoms with Crippen molar-refractivity contribution < 1.29 is 14.1 Å². The molecular formula is C24H16ClN5O4. The number of halogens is 1. The summed E-state index contributed by atoms with van der Waals surface area (Å²) in [6.45, 7) is 1.75. The Kier molecular flexibility index (Phi) is 5.31. The number of benzene rings is 3. The van der Waals surface area contributed by atoms with Gasteiger partial charge in [-0.15, -0.1) is 10.2 Å². The van der Waals surface area contributed by atoms with E-state index in [0.717, 1.165) is 5.69 Å². The molecule has 9 nitrogen and oxygen atoms in total. The number of nitro groups is 1. The fourth-order valence-electron chi connectivity index (χ4n) is 3.52. The third kappa shape index (κ3) is 4.12. The van der Waals surface area contributed by atoms with E-state index in [1.807, 2.05) is 12.1 Å². The Hall–Kier alpha value is -4.50. The highest BCUT2D eigenvalue weighted by molar-refractivity contribution is 6.30. The number of carbonyl (C=O) groups is 1. The van der Waals surface area contributed by atoms with Crippen LogP contribution in [0.2, 0.25) is 5.02 Å².